The van der Waals surface area contributed by atoms with Crippen LogP contribution in [0.2, 0.25) is 0 Å². The molecule has 0 aromatic heterocycles. The van der Waals surface area contributed by atoms with Crippen molar-refractivity contribution >= 4 is 15.9 Å². The molecule has 1 rings (SSSR count). The third-order valence-corrected chi connectivity index (χ3v) is 1.63. The highest BCUT2D eigenvalue weighted by molar-refractivity contribution is 9.10. The quantitative estimate of drug-likeness (QED) is 0.684. The van der Waals surface area contributed by atoms with Gasteiger partial charge in [-0.3, -0.25) is 0 Å². The van der Waals surface area contributed by atoms with Crippen molar-refractivity contribution in [3.05, 3.63) is 41.1 Å². The molecule has 1 aromatic rings. The summed E-state index contributed by atoms with van der Waals surface area (Å²) < 4.78 is 6.30. The number of benzene rings is 1. The second-order valence-electron chi connectivity index (χ2n) is 2.26. The van der Waals surface area contributed by atoms with Crippen LogP contribution in [0.5, 0.6) is 5.75 Å². The SMILES string of the molecule is C=C(C)Oc1ccc(Br)cc1. The molecule has 0 aliphatic rings. The molecule has 1 nitrogen and oxygen atoms in total. The van der Waals surface area contributed by atoms with Crippen LogP contribution in [0.4, 0.5) is 0 Å². The number of halogens is 1. The standard InChI is InChI=1S/C9H9BrO/c1-7(2)11-9-5-3-8(10)4-6-9/h3-6H,1H2,2H3. The Morgan fingerprint density at radius 3 is 2.36 bits per heavy atom. The zero-order valence-corrected chi connectivity index (χ0v) is 7.89. The maximum Gasteiger partial charge on any atom is 0.126 e. The van der Waals surface area contributed by atoms with Crippen molar-refractivity contribution in [3.8, 4) is 5.75 Å². The van der Waals surface area contributed by atoms with Crippen molar-refractivity contribution in [3.63, 3.8) is 0 Å². The van der Waals surface area contributed by atoms with Crippen LogP contribution in [0.15, 0.2) is 41.1 Å². The molecule has 0 radical (unpaired) electrons. The molecule has 0 fully saturated rings. The lowest BCUT2D eigenvalue weighted by atomic mass is 10.3. The first-order chi connectivity index (χ1) is 5.18. The summed E-state index contributed by atoms with van der Waals surface area (Å²) in [6.07, 6.45) is 0. The van der Waals surface area contributed by atoms with Crippen molar-refractivity contribution in [1.82, 2.24) is 0 Å². The Balaban J connectivity index is 2.74. The Morgan fingerprint density at radius 1 is 1.36 bits per heavy atom. The molecule has 0 saturated carbocycles. The van der Waals surface area contributed by atoms with Gasteiger partial charge in [-0.2, -0.15) is 0 Å². The highest BCUT2D eigenvalue weighted by Crippen LogP contribution is 2.17. The number of hydrogen-bond donors (Lipinski definition) is 0. The Bertz CT molecular complexity index is 251. The monoisotopic (exact) mass is 212 g/mol. The third kappa shape index (κ3) is 2.76. The van der Waals surface area contributed by atoms with E-state index in [4.69, 9.17) is 4.74 Å². The van der Waals surface area contributed by atoms with E-state index < -0.39 is 0 Å². The van der Waals surface area contributed by atoms with E-state index in [0.29, 0.717) is 5.76 Å². The molecule has 0 aliphatic heterocycles. The summed E-state index contributed by atoms with van der Waals surface area (Å²) in [6, 6.07) is 7.63. The Hall–Kier alpha value is -0.760. The first-order valence-electron chi connectivity index (χ1n) is 3.27. The maximum absolute atomic E-state index is 5.25. The molecule has 0 N–H and O–H groups in total. The molecular weight excluding hydrogens is 204 g/mol. The summed E-state index contributed by atoms with van der Waals surface area (Å²) in [5.41, 5.74) is 0. The molecule has 2 heteroatoms. The van der Waals surface area contributed by atoms with E-state index in [2.05, 4.69) is 22.5 Å². The zero-order valence-electron chi connectivity index (χ0n) is 6.30. The fourth-order valence-electron chi connectivity index (χ4n) is 0.704. The van der Waals surface area contributed by atoms with Gasteiger partial charge in [-0.05, 0) is 31.2 Å². The Morgan fingerprint density at radius 2 is 1.91 bits per heavy atom. The van der Waals surface area contributed by atoms with Crippen molar-refractivity contribution in [2.75, 3.05) is 0 Å². The van der Waals surface area contributed by atoms with Crippen LogP contribution >= 0.6 is 15.9 Å². The van der Waals surface area contributed by atoms with Crippen molar-refractivity contribution in [2.24, 2.45) is 0 Å². The molecule has 0 heterocycles. The molecule has 0 bridgehead atoms. The molecule has 0 aliphatic carbocycles. The minimum Gasteiger partial charge on any atom is -0.463 e. The largest absolute Gasteiger partial charge is 0.463 e. The average molecular weight is 213 g/mol. The van der Waals surface area contributed by atoms with Gasteiger partial charge in [-0.1, -0.05) is 22.5 Å². The normalized spacial score (nSPS) is 9.27. The molecule has 0 saturated heterocycles. The summed E-state index contributed by atoms with van der Waals surface area (Å²) in [5, 5.41) is 0. The van der Waals surface area contributed by atoms with Gasteiger partial charge in [-0.15, -0.1) is 0 Å². The van der Waals surface area contributed by atoms with E-state index in [0.717, 1.165) is 10.2 Å². The summed E-state index contributed by atoms with van der Waals surface area (Å²) in [6.45, 7) is 5.46. The minimum absolute atomic E-state index is 0.701. The predicted octanol–water partition coefficient (Wildman–Crippen LogP) is 3.36. The second-order valence-corrected chi connectivity index (χ2v) is 3.17. The molecule has 0 amide bonds. The smallest absolute Gasteiger partial charge is 0.126 e. The van der Waals surface area contributed by atoms with Gasteiger partial charge < -0.3 is 4.74 Å². The molecule has 0 spiro atoms. The van der Waals surface area contributed by atoms with Crippen LogP contribution in [0.3, 0.4) is 0 Å². The van der Waals surface area contributed by atoms with Crippen molar-refractivity contribution < 1.29 is 4.74 Å². The highest BCUT2D eigenvalue weighted by Gasteiger charge is 1.91. The van der Waals surface area contributed by atoms with Gasteiger partial charge in [0.05, 0.1) is 5.76 Å². The van der Waals surface area contributed by atoms with E-state index in [1.165, 1.54) is 0 Å². The Kier molecular flexibility index (Phi) is 2.71. The molecule has 58 valence electrons. The lowest BCUT2D eigenvalue weighted by Crippen LogP contribution is -1.86. The molecular formula is C9H9BrO. The van der Waals surface area contributed by atoms with E-state index >= 15 is 0 Å². The number of ether oxygens (including phenoxy) is 1. The summed E-state index contributed by atoms with van der Waals surface area (Å²) in [7, 11) is 0. The first kappa shape index (κ1) is 8.34. The molecule has 0 unspecified atom stereocenters. The van der Waals surface area contributed by atoms with Gasteiger partial charge in [0.25, 0.3) is 0 Å². The van der Waals surface area contributed by atoms with E-state index in [1.54, 1.807) is 0 Å². The number of allylic oxidation sites excluding steroid dienone is 1. The minimum atomic E-state index is 0.701. The van der Waals surface area contributed by atoms with E-state index in [9.17, 15) is 0 Å². The lowest BCUT2D eigenvalue weighted by molar-refractivity contribution is 0.430. The van der Waals surface area contributed by atoms with Crippen LogP contribution in [0.25, 0.3) is 0 Å². The van der Waals surface area contributed by atoms with Gasteiger partial charge in [-0.25, -0.2) is 0 Å². The summed E-state index contributed by atoms with van der Waals surface area (Å²) in [4.78, 5) is 0. The number of hydrogen-bond acceptors (Lipinski definition) is 1. The van der Waals surface area contributed by atoms with Crippen LogP contribution in [0.1, 0.15) is 6.92 Å². The number of rotatable bonds is 2. The first-order valence-corrected chi connectivity index (χ1v) is 4.07. The molecule has 1 aromatic carbocycles. The summed E-state index contributed by atoms with van der Waals surface area (Å²) in [5.74, 6) is 1.52. The third-order valence-electron chi connectivity index (χ3n) is 1.11. The second kappa shape index (κ2) is 3.58. The fourth-order valence-corrected chi connectivity index (χ4v) is 0.968. The van der Waals surface area contributed by atoms with Gasteiger partial charge >= 0.3 is 0 Å². The topological polar surface area (TPSA) is 9.23 Å². The van der Waals surface area contributed by atoms with Gasteiger partial charge in [0.1, 0.15) is 5.75 Å². The van der Waals surface area contributed by atoms with Crippen LogP contribution in [-0.4, -0.2) is 0 Å². The van der Waals surface area contributed by atoms with Crippen molar-refractivity contribution in [1.29, 1.82) is 0 Å². The highest BCUT2D eigenvalue weighted by atomic mass is 79.9. The fraction of sp³-hybridized carbons (Fsp3) is 0.111. The molecule has 11 heavy (non-hydrogen) atoms. The van der Waals surface area contributed by atoms with Gasteiger partial charge in [0, 0.05) is 4.47 Å². The lowest BCUT2D eigenvalue weighted by Gasteiger charge is -2.02. The van der Waals surface area contributed by atoms with Gasteiger partial charge in [0.15, 0.2) is 0 Å². The van der Waals surface area contributed by atoms with Crippen LogP contribution in [-0.2, 0) is 0 Å². The van der Waals surface area contributed by atoms with E-state index in [-0.39, 0.29) is 0 Å². The Labute approximate surface area is 74.8 Å². The van der Waals surface area contributed by atoms with Gasteiger partial charge in [0.2, 0.25) is 0 Å². The predicted molar refractivity (Wildman–Crippen MR) is 49.6 cm³/mol. The van der Waals surface area contributed by atoms with Crippen molar-refractivity contribution in [2.45, 2.75) is 6.92 Å². The van der Waals surface area contributed by atoms with Crippen LogP contribution in [0, 0.1) is 0 Å². The average Bonchev–Trinajstić information content (AvgIpc) is 1.93. The zero-order chi connectivity index (χ0) is 8.27. The van der Waals surface area contributed by atoms with E-state index in [1.807, 2.05) is 31.2 Å². The molecule has 0 atom stereocenters. The summed E-state index contributed by atoms with van der Waals surface area (Å²) >= 11 is 3.33. The van der Waals surface area contributed by atoms with Crippen LogP contribution < -0.4 is 4.74 Å². The maximum atomic E-state index is 5.25.